The van der Waals surface area contributed by atoms with Gasteiger partial charge >= 0.3 is 0 Å². The van der Waals surface area contributed by atoms with Gasteiger partial charge in [0.2, 0.25) is 5.95 Å². The number of aromatic nitrogens is 2. The summed E-state index contributed by atoms with van der Waals surface area (Å²) in [4.78, 5) is 8.14. The van der Waals surface area contributed by atoms with E-state index in [1.165, 1.54) is 0 Å². The molecule has 96 valence electrons. The number of nitrogens with zero attached hydrogens (tertiary/aromatic N) is 2. The number of ether oxygens (including phenoxy) is 1. The number of aliphatic hydroxyl groups excluding tert-OH is 1. The molecule has 1 heterocycles. The molecule has 1 atom stereocenters. The lowest BCUT2D eigenvalue weighted by Crippen LogP contribution is -2.19. The Morgan fingerprint density at radius 1 is 1.59 bits per heavy atom. The van der Waals surface area contributed by atoms with Crippen molar-refractivity contribution in [3.63, 3.8) is 0 Å². The minimum absolute atomic E-state index is 0.333. The lowest BCUT2D eigenvalue weighted by molar-refractivity contribution is 0.0615. The summed E-state index contributed by atoms with van der Waals surface area (Å²) < 4.78 is 4.84. The molecule has 7 heteroatoms. The van der Waals surface area contributed by atoms with Gasteiger partial charge in [-0.1, -0.05) is 0 Å². The highest BCUT2D eigenvalue weighted by molar-refractivity contribution is 5.45. The smallest absolute Gasteiger partial charge is 0.239 e. The van der Waals surface area contributed by atoms with Crippen LogP contribution in [0, 0.1) is 6.92 Å². The van der Waals surface area contributed by atoms with E-state index < -0.39 is 6.10 Å². The number of nitrogens with one attached hydrogen (secondary N) is 2. The number of methoxy groups -OCH3 is 1. The van der Waals surface area contributed by atoms with Gasteiger partial charge in [-0.25, -0.2) is 10.8 Å². The maximum absolute atomic E-state index is 9.47. The first kappa shape index (κ1) is 13.6. The maximum atomic E-state index is 9.47. The van der Waals surface area contributed by atoms with Gasteiger partial charge in [-0.2, -0.15) is 4.98 Å². The first-order valence-corrected chi connectivity index (χ1v) is 5.38. The van der Waals surface area contributed by atoms with Crippen molar-refractivity contribution in [2.24, 2.45) is 5.84 Å². The summed E-state index contributed by atoms with van der Waals surface area (Å²) in [6, 6.07) is 0. The highest BCUT2D eigenvalue weighted by Crippen LogP contribution is 2.11. The van der Waals surface area contributed by atoms with Crippen LogP contribution in [-0.4, -0.2) is 41.4 Å². The highest BCUT2D eigenvalue weighted by Gasteiger charge is 2.05. The van der Waals surface area contributed by atoms with Gasteiger partial charge in [0.1, 0.15) is 5.82 Å². The van der Waals surface area contributed by atoms with Crippen LogP contribution in [0.4, 0.5) is 11.8 Å². The van der Waals surface area contributed by atoms with Crippen molar-refractivity contribution in [3.8, 4) is 0 Å². The second-order valence-corrected chi connectivity index (χ2v) is 3.69. The van der Waals surface area contributed by atoms with Crippen LogP contribution in [0.2, 0.25) is 0 Å². The van der Waals surface area contributed by atoms with E-state index in [0.29, 0.717) is 31.3 Å². The zero-order chi connectivity index (χ0) is 12.7. The Labute approximate surface area is 100 Å². The molecule has 0 saturated carbocycles. The summed E-state index contributed by atoms with van der Waals surface area (Å²) in [7, 11) is 1.56. The van der Waals surface area contributed by atoms with Gasteiger partial charge in [0.15, 0.2) is 0 Å². The predicted molar refractivity (Wildman–Crippen MR) is 65.6 cm³/mol. The Kier molecular flexibility index (Phi) is 5.61. The maximum Gasteiger partial charge on any atom is 0.239 e. The molecular weight excluding hydrogens is 222 g/mol. The van der Waals surface area contributed by atoms with Gasteiger partial charge in [-0.15, -0.1) is 0 Å². The average molecular weight is 241 g/mol. The molecule has 0 amide bonds. The SMILES string of the molecule is COCC(O)CCNc1nc(NN)ncc1C. The second kappa shape index (κ2) is 7.00. The van der Waals surface area contributed by atoms with Crippen molar-refractivity contribution in [1.29, 1.82) is 0 Å². The molecule has 1 unspecified atom stereocenters. The number of hydrogen-bond donors (Lipinski definition) is 4. The van der Waals surface area contributed by atoms with E-state index in [2.05, 4.69) is 20.7 Å². The number of nitrogen functional groups attached to an aromatic ring is 1. The third kappa shape index (κ3) is 4.51. The summed E-state index contributed by atoms with van der Waals surface area (Å²) in [6.45, 7) is 2.83. The first-order valence-electron chi connectivity index (χ1n) is 5.38. The second-order valence-electron chi connectivity index (χ2n) is 3.69. The molecule has 0 spiro atoms. The van der Waals surface area contributed by atoms with Crippen LogP contribution in [0.5, 0.6) is 0 Å². The van der Waals surface area contributed by atoms with E-state index in [-0.39, 0.29) is 0 Å². The van der Waals surface area contributed by atoms with E-state index in [1.54, 1.807) is 13.3 Å². The Morgan fingerprint density at radius 3 is 3.00 bits per heavy atom. The van der Waals surface area contributed by atoms with Crippen molar-refractivity contribution in [2.75, 3.05) is 31.0 Å². The van der Waals surface area contributed by atoms with Gasteiger partial charge in [-0.05, 0) is 13.3 Å². The summed E-state index contributed by atoms with van der Waals surface area (Å²) in [5.41, 5.74) is 3.30. The molecule has 17 heavy (non-hydrogen) atoms. The van der Waals surface area contributed by atoms with Gasteiger partial charge in [0.25, 0.3) is 0 Å². The number of hydrazine groups is 1. The third-order valence-corrected chi connectivity index (χ3v) is 2.23. The van der Waals surface area contributed by atoms with E-state index in [1.807, 2.05) is 6.92 Å². The topological polar surface area (TPSA) is 105 Å². The van der Waals surface area contributed by atoms with E-state index in [9.17, 15) is 5.11 Å². The van der Waals surface area contributed by atoms with Crippen LogP contribution in [-0.2, 0) is 4.74 Å². The zero-order valence-corrected chi connectivity index (χ0v) is 10.1. The van der Waals surface area contributed by atoms with Crippen LogP contribution in [0.3, 0.4) is 0 Å². The molecular formula is C10H19N5O2. The molecule has 0 fully saturated rings. The molecule has 1 rings (SSSR count). The lowest BCUT2D eigenvalue weighted by Gasteiger charge is -2.12. The molecule has 0 aliphatic carbocycles. The van der Waals surface area contributed by atoms with E-state index >= 15 is 0 Å². The van der Waals surface area contributed by atoms with Crippen molar-refractivity contribution >= 4 is 11.8 Å². The molecule has 7 nitrogen and oxygen atoms in total. The van der Waals surface area contributed by atoms with Crippen molar-refractivity contribution in [3.05, 3.63) is 11.8 Å². The van der Waals surface area contributed by atoms with Crippen LogP contribution in [0.15, 0.2) is 6.20 Å². The molecule has 0 aromatic carbocycles. The first-order chi connectivity index (χ1) is 8.17. The van der Waals surface area contributed by atoms with Crippen LogP contribution < -0.4 is 16.6 Å². The van der Waals surface area contributed by atoms with Gasteiger partial charge in [0.05, 0.1) is 12.7 Å². The molecule has 1 aromatic rings. The van der Waals surface area contributed by atoms with Gasteiger partial charge < -0.3 is 15.2 Å². The summed E-state index contributed by atoms with van der Waals surface area (Å²) in [5, 5.41) is 12.6. The van der Waals surface area contributed by atoms with Crippen molar-refractivity contribution in [2.45, 2.75) is 19.4 Å². The highest BCUT2D eigenvalue weighted by atomic mass is 16.5. The van der Waals surface area contributed by atoms with Gasteiger partial charge in [0, 0.05) is 25.4 Å². The molecule has 0 saturated heterocycles. The van der Waals surface area contributed by atoms with Crippen LogP contribution in [0.1, 0.15) is 12.0 Å². The van der Waals surface area contributed by atoms with Crippen molar-refractivity contribution in [1.82, 2.24) is 9.97 Å². The fourth-order valence-electron chi connectivity index (χ4n) is 1.32. The number of aliphatic hydroxyl groups is 1. The Balaban J connectivity index is 2.45. The number of anilines is 2. The largest absolute Gasteiger partial charge is 0.391 e. The predicted octanol–water partition coefficient (Wildman–Crippen LogP) is -0.120. The molecule has 0 aliphatic heterocycles. The summed E-state index contributed by atoms with van der Waals surface area (Å²) in [6.07, 6.45) is 1.79. The molecule has 0 aliphatic rings. The molecule has 0 radical (unpaired) electrons. The Morgan fingerprint density at radius 2 is 2.35 bits per heavy atom. The van der Waals surface area contributed by atoms with E-state index in [4.69, 9.17) is 10.6 Å². The fraction of sp³-hybridized carbons (Fsp3) is 0.600. The van der Waals surface area contributed by atoms with Crippen LogP contribution in [0.25, 0.3) is 0 Å². The number of rotatable bonds is 7. The van der Waals surface area contributed by atoms with Gasteiger partial charge in [-0.3, -0.25) is 5.43 Å². The summed E-state index contributed by atoms with van der Waals surface area (Å²) >= 11 is 0. The fourth-order valence-corrected chi connectivity index (χ4v) is 1.32. The lowest BCUT2D eigenvalue weighted by atomic mass is 10.2. The minimum Gasteiger partial charge on any atom is -0.391 e. The zero-order valence-electron chi connectivity index (χ0n) is 10.1. The Bertz CT molecular complexity index is 347. The van der Waals surface area contributed by atoms with Crippen molar-refractivity contribution < 1.29 is 9.84 Å². The molecule has 0 bridgehead atoms. The molecule has 5 N–H and O–H groups in total. The third-order valence-electron chi connectivity index (χ3n) is 2.23. The quantitative estimate of drug-likeness (QED) is 0.389. The standard InChI is InChI=1S/C10H19N5O2/c1-7-5-13-10(15-11)14-9(7)12-4-3-8(16)6-17-2/h5,8,16H,3-4,6,11H2,1-2H3,(H2,12,13,14,15). The van der Waals surface area contributed by atoms with E-state index in [0.717, 1.165) is 5.56 Å². The number of aryl methyl sites for hydroxylation is 1. The van der Waals surface area contributed by atoms with Crippen LogP contribution >= 0.6 is 0 Å². The minimum atomic E-state index is -0.471. The monoisotopic (exact) mass is 241 g/mol. The average Bonchev–Trinajstić information content (AvgIpc) is 2.32. The normalized spacial score (nSPS) is 12.2. The number of nitrogens with two attached hydrogens (primary N) is 1. The Hall–Kier alpha value is -1.44. The number of hydrogen-bond acceptors (Lipinski definition) is 7. The summed E-state index contributed by atoms with van der Waals surface area (Å²) in [5.74, 6) is 6.29. The molecule has 1 aromatic heterocycles.